The lowest BCUT2D eigenvalue weighted by molar-refractivity contribution is 0.274. The van der Waals surface area contributed by atoms with E-state index in [0.29, 0.717) is 62.1 Å². The van der Waals surface area contributed by atoms with Gasteiger partial charge in [0.2, 0.25) is 0 Å². The number of ether oxygens (including phenoxy) is 3. The SMILES string of the molecule is [2H]C1OB(C)c2ccc(Oc3cc(C)c([N+]#[C-])cc3C)c(C)c21.[2H]C1OB(O)c2c(C)cc(Oc3cc(C)c([N+]#[C-])cc3C)cc21.[2H]C1OB(O)c2cc(C)c(Oc3cc(C)c([N+]#[C-])cc3C)cc21. The van der Waals surface area contributed by atoms with Gasteiger partial charge in [0.25, 0.3) is 0 Å². The number of fused-ring (bicyclic) bond motifs is 3. The second-order valence-electron chi connectivity index (χ2n) is 16.6. The molecule has 0 aliphatic carbocycles. The molecule has 66 heavy (non-hydrogen) atoms. The lowest BCUT2D eigenvalue weighted by atomic mass is 9.64. The van der Waals surface area contributed by atoms with Gasteiger partial charge < -0.3 is 38.2 Å². The minimum atomic E-state index is -1.05. The highest BCUT2D eigenvalue weighted by Gasteiger charge is 2.31. The largest absolute Gasteiger partial charge is 0.492 e. The molecular formula is C52H50B3N3O8. The molecule has 0 amide bonds. The van der Waals surface area contributed by atoms with E-state index in [2.05, 4.69) is 14.5 Å². The first-order valence-electron chi connectivity index (χ1n) is 23.0. The van der Waals surface area contributed by atoms with Crippen LogP contribution in [0.5, 0.6) is 34.5 Å². The van der Waals surface area contributed by atoms with Crippen LogP contribution in [-0.2, 0) is 33.7 Å². The third-order valence-corrected chi connectivity index (χ3v) is 11.8. The highest BCUT2D eigenvalue weighted by molar-refractivity contribution is 6.67. The van der Waals surface area contributed by atoms with Crippen molar-refractivity contribution >= 4 is 54.6 Å². The van der Waals surface area contributed by atoms with Crippen LogP contribution < -0.4 is 30.6 Å². The molecule has 0 saturated carbocycles. The van der Waals surface area contributed by atoms with Crippen molar-refractivity contribution in [2.24, 2.45) is 0 Å². The second-order valence-corrected chi connectivity index (χ2v) is 16.6. The number of rotatable bonds is 6. The van der Waals surface area contributed by atoms with Crippen LogP contribution in [0.2, 0.25) is 6.82 Å². The van der Waals surface area contributed by atoms with E-state index < -0.39 is 34.0 Å². The van der Waals surface area contributed by atoms with Gasteiger partial charge in [-0.1, -0.05) is 19.0 Å². The van der Waals surface area contributed by atoms with Crippen molar-refractivity contribution in [2.45, 2.75) is 88.9 Å². The monoisotopic (exact) mass is 880 g/mol. The molecule has 3 aliphatic rings. The average molecular weight is 880 g/mol. The molecule has 0 saturated heterocycles. The third-order valence-electron chi connectivity index (χ3n) is 11.8. The van der Waals surface area contributed by atoms with E-state index in [0.717, 1.165) is 72.6 Å². The van der Waals surface area contributed by atoms with Gasteiger partial charge in [0.15, 0.2) is 17.1 Å². The van der Waals surface area contributed by atoms with Gasteiger partial charge in [-0.25, -0.2) is 14.5 Å². The number of hydrogen-bond acceptors (Lipinski definition) is 8. The van der Waals surface area contributed by atoms with E-state index in [-0.39, 0.29) is 6.92 Å². The third kappa shape index (κ3) is 9.88. The molecule has 6 aromatic rings. The van der Waals surface area contributed by atoms with Crippen molar-refractivity contribution in [2.75, 3.05) is 0 Å². The molecule has 3 atom stereocenters. The average Bonchev–Trinajstić information content (AvgIpc) is 3.87. The second kappa shape index (κ2) is 19.7. The molecule has 6 aromatic carbocycles. The van der Waals surface area contributed by atoms with Crippen molar-refractivity contribution in [3.63, 3.8) is 0 Å². The van der Waals surface area contributed by atoms with Crippen LogP contribution in [-0.4, -0.2) is 31.2 Å². The fourth-order valence-corrected chi connectivity index (χ4v) is 7.83. The van der Waals surface area contributed by atoms with Crippen LogP contribution in [0.3, 0.4) is 0 Å². The molecule has 11 nitrogen and oxygen atoms in total. The maximum absolute atomic E-state index is 9.84. The summed E-state index contributed by atoms with van der Waals surface area (Å²) in [6.07, 6.45) is 0. The Bertz CT molecular complexity index is 3080. The Kier molecular flexibility index (Phi) is 12.9. The summed E-state index contributed by atoms with van der Waals surface area (Å²) in [5, 5.41) is 19.6. The van der Waals surface area contributed by atoms with Gasteiger partial charge in [0, 0.05) is 0 Å². The highest BCUT2D eigenvalue weighted by atomic mass is 16.5. The summed E-state index contributed by atoms with van der Waals surface area (Å²) in [5.74, 6) is 4.04. The minimum Gasteiger partial charge on any atom is -0.457 e. The smallest absolute Gasteiger partial charge is 0.457 e. The number of nitrogens with zero attached hydrogens (tertiary/aromatic N) is 3. The van der Waals surface area contributed by atoms with Gasteiger partial charge in [-0.2, -0.15) is 0 Å². The van der Waals surface area contributed by atoms with Crippen LogP contribution in [0, 0.1) is 82.0 Å². The molecule has 330 valence electrons. The summed E-state index contributed by atoms with van der Waals surface area (Å²) >= 11 is 0. The van der Waals surface area contributed by atoms with Crippen LogP contribution in [0.25, 0.3) is 14.5 Å². The fraction of sp³-hybridized carbons (Fsp3) is 0.250. The maximum Gasteiger partial charge on any atom is 0.492 e. The van der Waals surface area contributed by atoms with Crippen molar-refractivity contribution in [3.05, 3.63) is 174 Å². The molecule has 0 bridgehead atoms. The van der Waals surface area contributed by atoms with Crippen molar-refractivity contribution < 1.29 is 42.3 Å². The fourth-order valence-electron chi connectivity index (χ4n) is 7.83. The summed E-state index contributed by atoms with van der Waals surface area (Å²) in [6, 6.07) is 22.0. The summed E-state index contributed by atoms with van der Waals surface area (Å²) in [7, 11) is -2.11. The Morgan fingerprint density at radius 2 is 0.985 bits per heavy atom. The lowest BCUT2D eigenvalue weighted by Gasteiger charge is -2.15. The number of benzene rings is 6. The van der Waals surface area contributed by atoms with Crippen molar-refractivity contribution in [1.29, 1.82) is 0 Å². The molecule has 14 heteroatoms. The van der Waals surface area contributed by atoms with Gasteiger partial charge in [-0.15, -0.1) is 0 Å². The van der Waals surface area contributed by atoms with Gasteiger partial charge >= 0.3 is 21.2 Å². The zero-order valence-corrected chi connectivity index (χ0v) is 38.6. The molecule has 3 unspecified atom stereocenters. The maximum atomic E-state index is 9.84. The van der Waals surface area contributed by atoms with E-state index in [9.17, 15) is 10.0 Å². The molecule has 3 heterocycles. The number of aryl methyl sites for hydroxylation is 8. The van der Waals surface area contributed by atoms with E-state index in [4.69, 9.17) is 52.0 Å². The molecule has 0 radical (unpaired) electrons. The minimum absolute atomic E-state index is 0.0535. The van der Waals surface area contributed by atoms with Crippen LogP contribution in [0.15, 0.2) is 72.8 Å². The van der Waals surface area contributed by atoms with Crippen LogP contribution in [0.1, 0.15) is 70.9 Å². The standard InChI is InChI=1S/C18H18BNO2.2C17H16BNO3/c1-11-9-18(12(2)8-16(11)20-5)22-17-7-6-15-14(13(17)3)10-21-19(15)4;1-10-7-16(11(2)6-15(10)19-4)22-14-5-12(3)17-13(8-14)9-21-18(17)20;1-10-7-16(12(3)6-15(10)19-4)22-17-8-13-9-21-18(20)14(13)5-11(17)2/h6-9H,10H2,1-4H3;2*5-8,20H,9H2,1-3H3/i10D;2*9D. The first kappa shape index (κ1) is 43.1. The Labute approximate surface area is 392 Å². The van der Waals surface area contributed by atoms with Gasteiger partial charge in [-0.05, 0) is 206 Å². The zero-order chi connectivity index (χ0) is 50.2. The first-order chi connectivity index (χ1) is 32.7. The molecule has 0 fully saturated rings. The Morgan fingerprint density at radius 3 is 1.55 bits per heavy atom. The van der Waals surface area contributed by atoms with E-state index >= 15 is 0 Å². The van der Waals surface area contributed by atoms with Crippen LogP contribution >= 0.6 is 0 Å². The summed E-state index contributed by atoms with van der Waals surface area (Å²) < 4.78 is 57.6. The van der Waals surface area contributed by atoms with E-state index in [1.54, 1.807) is 30.3 Å². The van der Waals surface area contributed by atoms with Gasteiger partial charge in [-0.3, -0.25) is 0 Å². The topological polar surface area (TPSA) is 109 Å². The zero-order valence-electron chi connectivity index (χ0n) is 41.6. The van der Waals surface area contributed by atoms with Gasteiger partial charge in [0.1, 0.15) is 34.5 Å². The van der Waals surface area contributed by atoms with Crippen molar-refractivity contribution in [1.82, 2.24) is 0 Å². The molecule has 0 aromatic heterocycles. The highest BCUT2D eigenvalue weighted by Crippen LogP contribution is 2.37. The Hall–Kier alpha value is -6.82. The van der Waals surface area contributed by atoms with Crippen LogP contribution in [0.4, 0.5) is 17.1 Å². The lowest BCUT2D eigenvalue weighted by Crippen LogP contribution is -2.30. The molecule has 2 N–H and O–H groups in total. The van der Waals surface area contributed by atoms with E-state index in [1.165, 1.54) is 0 Å². The predicted molar refractivity (Wildman–Crippen MR) is 261 cm³/mol. The molecule has 0 spiro atoms. The van der Waals surface area contributed by atoms with E-state index in [1.807, 2.05) is 112 Å². The Morgan fingerprint density at radius 1 is 0.500 bits per heavy atom. The summed E-state index contributed by atoms with van der Waals surface area (Å²) in [6.45, 7) is 38.0. The quantitative estimate of drug-likeness (QED) is 0.126. The predicted octanol–water partition coefficient (Wildman–Crippen LogP) is 10.7. The summed E-state index contributed by atoms with van der Waals surface area (Å²) in [4.78, 5) is 10.5. The summed E-state index contributed by atoms with van der Waals surface area (Å²) in [5.41, 5.74) is 14.3. The molecular weight excluding hydrogens is 827 g/mol. The molecule has 9 rings (SSSR count). The van der Waals surface area contributed by atoms with Gasteiger partial charge in [0.05, 0.1) is 43.6 Å². The Balaban J connectivity index is 0.000000153. The van der Waals surface area contributed by atoms with Crippen molar-refractivity contribution in [3.8, 4) is 34.5 Å². The normalized spacial score (nSPS) is 17.0. The molecule has 3 aliphatic heterocycles. The first-order valence-corrected chi connectivity index (χ1v) is 21.2. The number of hydrogen-bond donors (Lipinski definition) is 2.